The second-order valence-electron chi connectivity index (χ2n) is 5.19. The third-order valence-electron chi connectivity index (χ3n) is 3.72. The lowest BCUT2D eigenvalue weighted by Crippen LogP contribution is -2.46. The molecular formula is C15H20N4OS2. The fourth-order valence-corrected chi connectivity index (χ4v) is 4.38. The van der Waals surface area contributed by atoms with Crippen molar-refractivity contribution in [1.82, 2.24) is 20.2 Å². The lowest BCUT2D eigenvalue weighted by atomic mass is 10.3. The van der Waals surface area contributed by atoms with Crippen LogP contribution in [0.15, 0.2) is 17.4 Å². The van der Waals surface area contributed by atoms with Crippen LogP contribution < -0.4 is 5.32 Å². The van der Waals surface area contributed by atoms with E-state index in [1.165, 1.54) is 4.88 Å². The van der Waals surface area contributed by atoms with Gasteiger partial charge in [0.05, 0.1) is 0 Å². The summed E-state index contributed by atoms with van der Waals surface area (Å²) in [5.41, 5.74) is 0. The first-order chi connectivity index (χ1) is 10.8. The highest BCUT2D eigenvalue weighted by Crippen LogP contribution is 2.31. The van der Waals surface area contributed by atoms with Gasteiger partial charge in [0.1, 0.15) is 16.2 Å². The van der Waals surface area contributed by atoms with Crippen molar-refractivity contribution < 1.29 is 4.79 Å². The van der Waals surface area contributed by atoms with Crippen LogP contribution >= 0.6 is 23.1 Å². The Kier molecular flexibility index (Phi) is 5.28. The van der Waals surface area contributed by atoms with Crippen LogP contribution in [-0.4, -0.2) is 52.7 Å². The molecule has 0 saturated carbocycles. The zero-order valence-electron chi connectivity index (χ0n) is 12.7. The summed E-state index contributed by atoms with van der Waals surface area (Å²) in [5.74, 6) is 1.02. The monoisotopic (exact) mass is 336 g/mol. The van der Waals surface area contributed by atoms with Gasteiger partial charge in [-0.05, 0) is 12.5 Å². The maximum Gasteiger partial charge on any atom is 0.223 e. The van der Waals surface area contributed by atoms with Crippen LogP contribution in [0.1, 0.15) is 18.2 Å². The number of nitrogens with zero attached hydrogens (tertiary/aromatic N) is 3. The first-order valence-electron chi connectivity index (χ1n) is 7.62. The molecule has 118 valence electrons. The van der Waals surface area contributed by atoms with Crippen LogP contribution in [0.4, 0.5) is 0 Å². The number of hydrogen-bond acceptors (Lipinski definition) is 6. The topological polar surface area (TPSA) is 58.1 Å². The SMILES string of the molecule is CCc1cc2c(SCCC(=O)N3CCNCC3)ncnc2s1. The molecule has 2 aromatic heterocycles. The predicted molar refractivity (Wildman–Crippen MR) is 91.6 cm³/mol. The van der Waals surface area contributed by atoms with Gasteiger partial charge in [-0.15, -0.1) is 23.1 Å². The van der Waals surface area contributed by atoms with Gasteiger partial charge in [0.25, 0.3) is 0 Å². The number of nitrogens with one attached hydrogen (secondary N) is 1. The molecular weight excluding hydrogens is 316 g/mol. The molecule has 1 N–H and O–H groups in total. The molecule has 3 rings (SSSR count). The van der Waals surface area contributed by atoms with E-state index in [-0.39, 0.29) is 5.91 Å². The van der Waals surface area contributed by atoms with Crippen molar-refractivity contribution in [1.29, 1.82) is 0 Å². The van der Waals surface area contributed by atoms with Crippen LogP contribution in [-0.2, 0) is 11.2 Å². The van der Waals surface area contributed by atoms with E-state index in [1.54, 1.807) is 29.4 Å². The summed E-state index contributed by atoms with van der Waals surface area (Å²) >= 11 is 3.39. The van der Waals surface area contributed by atoms with E-state index >= 15 is 0 Å². The Labute approximate surface area is 138 Å². The Morgan fingerprint density at radius 1 is 1.41 bits per heavy atom. The molecule has 0 spiro atoms. The van der Waals surface area contributed by atoms with E-state index in [0.717, 1.165) is 53.6 Å². The molecule has 1 aliphatic rings. The Morgan fingerprint density at radius 3 is 3.00 bits per heavy atom. The molecule has 0 atom stereocenters. The van der Waals surface area contributed by atoms with Crippen molar-refractivity contribution >= 4 is 39.2 Å². The number of fused-ring (bicyclic) bond motifs is 1. The van der Waals surface area contributed by atoms with E-state index in [1.807, 2.05) is 4.90 Å². The maximum absolute atomic E-state index is 12.2. The van der Waals surface area contributed by atoms with Crippen LogP contribution in [0.2, 0.25) is 0 Å². The average molecular weight is 336 g/mol. The number of thioether (sulfide) groups is 1. The summed E-state index contributed by atoms with van der Waals surface area (Å²) in [6, 6.07) is 2.18. The van der Waals surface area contributed by atoms with Crippen molar-refractivity contribution in [2.75, 3.05) is 31.9 Å². The third kappa shape index (κ3) is 3.59. The van der Waals surface area contributed by atoms with Gasteiger partial charge in [0.2, 0.25) is 5.91 Å². The molecule has 22 heavy (non-hydrogen) atoms. The van der Waals surface area contributed by atoms with E-state index in [0.29, 0.717) is 6.42 Å². The van der Waals surface area contributed by atoms with Crippen molar-refractivity contribution in [3.63, 3.8) is 0 Å². The minimum Gasteiger partial charge on any atom is -0.340 e. The fourth-order valence-electron chi connectivity index (χ4n) is 2.48. The number of hydrogen-bond donors (Lipinski definition) is 1. The van der Waals surface area contributed by atoms with E-state index in [2.05, 4.69) is 28.3 Å². The van der Waals surface area contributed by atoms with Crippen LogP contribution in [0, 0.1) is 0 Å². The lowest BCUT2D eigenvalue weighted by Gasteiger charge is -2.27. The smallest absolute Gasteiger partial charge is 0.223 e. The molecule has 0 aliphatic carbocycles. The maximum atomic E-state index is 12.2. The minimum absolute atomic E-state index is 0.249. The Balaban J connectivity index is 1.59. The summed E-state index contributed by atoms with van der Waals surface area (Å²) in [7, 11) is 0. The number of aromatic nitrogens is 2. The second-order valence-corrected chi connectivity index (χ2v) is 7.39. The van der Waals surface area contributed by atoms with Crippen LogP contribution in [0.25, 0.3) is 10.2 Å². The lowest BCUT2D eigenvalue weighted by molar-refractivity contribution is -0.131. The first-order valence-corrected chi connectivity index (χ1v) is 9.43. The van der Waals surface area contributed by atoms with Gasteiger partial charge in [-0.1, -0.05) is 6.92 Å². The average Bonchev–Trinajstić information content (AvgIpc) is 2.99. The minimum atomic E-state index is 0.249. The van der Waals surface area contributed by atoms with E-state index in [4.69, 9.17) is 0 Å². The number of carbonyl (C=O) groups excluding carboxylic acids is 1. The third-order valence-corrected chi connectivity index (χ3v) is 5.91. The zero-order chi connectivity index (χ0) is 15.4. The molecule has 0 aromatic carbocycles. The Morgan fingerprint density at radius 2 is 2.23 bits per heavy atom. The van der Waals surface area contributed by atoms with E-state index in [9.17, 15) is 4.79 Å². The van der Waals surface area contributed by atoms with Gasteiger partial charge in [-0.25, -0.2) is 9.97 Å². The molecule has 7 heteroatoms. The highest BCUT2D eigenvalue weighted by atomic mass is 32.2. The number of piperazine rings is 1. The summed E-state index contributed by atoms with van der Waals surface area (Å²) < 4.78 is 0. The van der Waals surface area contributed by atoms with Gasteiger partial charge in [-0.2, -0.15) is 0 Å². The van der Waals surface area contributed by atoms with Crippen molar-refractivity contribution in [3.8, 4) is 0 Å². The van der Waals surface area contributed by atoms with Crippen LogP contribution in [0.5, 0.6) is 0 Å². The Hall–Kier alpha value is -1.18. The molecule has 5 nitrogen and oxygen atoms in total. The molecule has 1 amide bonds. The largest absolute Gasteiger partial charge is 0.340 e. The molecule has 1 aliphatic heterocycles. The van der Waals surface area contributed by atoms with Crippen molar-refractivity contribution in [3.05, 3.63) is 17.3 Å². The Bertz CT molecular complexity index is 652. The summed E-state index contributed by atoms with van der Waals surface area (Å²) in [5, 5.41) is 5.39. The quantitative estimate of drug-likeness (QED) is 0.670. The normalized spacial score (nSPS) is 15.4. The molecule has 0 radical (unpaired) electrons. The zero-order valence-corrected chi connectivity index (χ0v) is 14.3. The highest BCUT2D eigenvalue weighted by molar-refractivity contribution is 7.99. The predicted octanol–water partition coefficient (Wildman–Crippen LogP) is 2.17. The first kappa shape index (κ1) is 15.7. The molecule has 1 saturated heterocycles. The van der Waals surface area contributed by atoms with Gasteiger partial charge < -0.3 is 10.2 Å². The van der Waals surface area contributed by atoms with E-state index < -0.39 is 0 Å². The fraction of sp³-hybridized carbons (Fsp3) is 0.533. The van der Waals surface area contributed by atoms with Gasteiger partial charge in [0.15, 0.2) is 0 Å². The van der Waals surface area contributed by atoms with Gasteiger partial charge >= 0.3 is 0 Å². The van der Waals surface area contributed by atoms with Gasteiger partial charge in [0, 0.05) is 48.6 Å². The molecule has 0 bridgehead atoms. The number of rotatable bonds is 5. The van der Waals surface area contributed by atoms with Crippen molar-refractivity contribution in [2.45, 2.75) is 24.8 Å². The summed E-state index contributed by atoms with van der Waals surface area (Å²) in [6.07, 6.45) is 3.21. The molecule has 2 aromatic rings. The summed E-state index contributed by atoms with van der Waals surface area (Å²) in [6.45, 7) is 5.61. The molecule has 0 unspecified atom stereocenters. The standard InChI is InChI=1S/C15H20N4OS2/c1-2-11-9-12-14(17-10-18-15(12)22-11)21-8-3-13(20)19-6-4-16-5-7-19/h9-10,16H,2-8H2,1H3. The van der Waals surface area contributed by atoms with Crippen molar-refractivity contribution in [2.24, 2.45) is 0 Å². The summed E-state index contributed by atoms with van der Waals surface area (Å²) in [4.78, 5) is 25.2. The number of carbonyl (C=O) groups is 1. The number of aryl methyl sites for hydroxylation is 1. The number of amides is 1. The van der Waals surface area contributed by atoms with Gasteiger partial charge in [-0.3, -0.25) is 4.79 Å². The molecule has 3 heterocycles. The molecule has 1 fully saturated rings. The van der Waals surface area contributed by atoms with Crippen LogP contribution in [0.3, 0.4) is 0 Å². The number of thiophene rings is 1. The second kappa shape index (κ2) is 7.39. The highest BCUT2D eigenvalue weighted by Gasteiger charge is 2.16.